The predicted octanol–water partition coefficient (Wildman–Crippen LogP) is 6.25. The maximum atomic E-state index is 11.8. The van der Waals surface area contributed by atoms with Crippen molar-refractivity contribution in [2.45, 2.75) is 58.1 Å². The quantitative estimate of drug-likeness (QED) is 0.185. The summed E-state index contributed by atoms with van der Waals surface area (Å²) in [5, 5.41) is 15.2. The molecule has 7 heteroatoms. The lowest BCUT2D eigenvalue weighted by Crippen LogP contribution is -2.39. The predicted molar refractivity (Wildman–Crippen MR) is 168 cm³/mol. The van der Waals surface area contributed by atoms with Crippen molar-refractivity contribution in [1.82, 2.24) is 15.5 Å². The molecule has 3 N–H and O–H groups in total. The van der Waals surface area contributed by atoms with Gasteiger partial charge in [0.25, 0.3) is 0 Å². The fraction of sp³-hybridized carbons (Fsp3) is 0.306. The molecular formula is C36H41N3O4. The average molecular weight is 580 g/mol. The maximum Gasteiger partial charge on any atom is 0.315 e. The number of carbonyl (C=O) groups excluding carboxylic acids is 1. The minimum Gasteiger partial charge on any atom is -0.392 e. The summed E-state index contributed by atoms with van der Waals surface area (Å²) in [6.07, 6.45) is -0.0653. The molecule has 0 unspecified atom stereocenters. The summed E-state index contributed by atoms with van der Waals surface area (Å²) in [6.45, 7) is 5.28. The summed E-state index contributed by atoms with van der Waals surface area (Å²) in [5.41, 5.74) is 6.38. The van der Waals surface area contributed by atoms with E-state index < -0.39 is 6.29 Å². The lowest BCUT2D eigenvalue weighted by Gasteiger charge is -2.38. The first-order valence-corrected chi connectivity index (χ1v) is 15.0. The molecule has 7 nitrogen and oxygen atoms in total. The van der Waals surface area contributed by atoms with Crippen molar-refractivity contribution < 1.29 is 19.4 Å². The van der Waals surface area contributed by atoms with Crippen LogP contribution in [0, 0.1) is 0 Å². The Morgan fingerprint density at radius 3 is 1.91 bits per heavy atom. The zero-order valence-corrected chi connectivity index (χ0v) is 24.7. The number of nitrogens with one attached hydrogen (secondary N) is 2. The first kappa shape index (κ1) is 30.4. The van der Waals surface area contributed by atoms with Crippen LogP contribution in [0.25, 0.3) is 0 Å². The van der Waals surface area contributed by atoms with Crippen LogP contribution in [0.4, 0.5) is 4.79 Å². The normalized spacial score (nSPS) is 18.3. The number of hydrogen-bond acceptors (Lipinski definition) is 5. The van der Waals surface area contributed by atoms with Gasteiger partial charge in [0.15, 0.2) is 6.29 Å². The maximum absolute atomic E-state index is 11.8. The number of benzene rings is 4. The Morgan fingerprint density at radius 1 is 0.744 bits per heavy atom. The fourth-order valence-corrected chi connectivity index (χ4v) is 5.39. The number of rotatable bonds is 12. The molecule has 1 saturated heterocycles. The molecule has 0 radical (unpaired) electrons. The minimum absolute atomic E-state index is 0.00933. The van der Waals surface area contributed by atoms with Crippen LogP contribution in [-0.2, 0) is 35.7 Å². The lowest BCUT2D eigenvalue weighted by atomic mass is 9.99. The van der Waals surface area contributed by atoms with Gasteiger partial charge in [-0.05, 0) is 34.7 Å². The van der Waals surface area contributed by atoms with Crippen molar-refractivity contribution in [2.24, 2.45) is 0 Å². The molecule has 5 rings (SSSR count). The van der Waals surface area contributed by atoms with Crippen molar-refractivity contribution >= 4 is 6.03 Å². The van der Waals surface area contributed by atoms with Gasteiger partial charge in [-0.2, -0.15) is 0 Å². The molecule has 1 heterocycles. The summed E-state index contributed by atoms with van der Waals surface area (Å²) >= 11 is 0. The Bertz CT molecular complexity index is 1360. The monoisotopic (exact) mass is 579 g/mol. The number of nitrogens with zero attached hydrogens (tertiary/aromatic N) is 1. The lowest BCUT2D eigenvalue weighted by molar-refractivity contribution is -0.253. The number of aliphatic hydroxyl groups excluding tert-OH is 1. The van der Waals surface area contributed by atoms with Crippen LogP contribution in [0.3, 0.4) is 0 Å². The second-order valence-electron chi connectivity index (χ2n) is 10.9. The van der Waals surface area contributed by atoms with Gasteiger partial charge in [-0.1, -0.05) is 109 Å². The molecule has 0 aromatic heterocycles. The molecule has 4 aromatic carbocycles. The first-order valence-electron chi connectivity index (χ1n) is 15.0. The molecule has 4 aromatic rings. The topological polar surface area (TPSA) is 83.1 Å². The third-order valence-electron chi connectivity index (χ3n) is 7.62. The van der Waals surface area contributed by atoms with Gasteiger partial charge in [-0.15, -0.1) is 0 Å². The molecule has 1 aliphatic rings. The summed E-state index contributed by atoms with van der Waals surface area (Å²) in [6, 6.07) is 36.9. The highest BCUT2D eigenvalue weighted by Gasteiger charge is 2.33. The second-order valence-corrected chi connectivity index (χ2v) is 10.9. The standard InChI is InChI=1S/C36H41N3O4/c1-2-37-36(41)38-22-27-13-19-32(20-14-27)35-42-33(21-34(43-35)31-17-15-30(26-40)16-18-31)25-39(23-28-9-5-3-6-10-28)24-29-11-7-4-8-12-29/h3-20,33-35,40H,2,21-26H2,1H3,(H2,37,38,41)/t33-,34+,35+/m0/s1. The SMILES string of the molecule is CCNC(=O)NCc1ccc([C@@H]2O[C@H](CN(Cc3ccccc3)Cc3ccccc3)C[C@H](c3ccc(CO)cc3)O2)cc1. The highest BCUT2D eigenvalue weighted by Crippen LogP contribution is 2.38. The zero-order chi connectivity index (χ0) is 29.9. The number of aliphatic hydroxyl groups is 1. The number of carbonyl (C=O) groups is 1. The summed E-state index contributed by atoms with van der Waals surface area (Å²) in [4.78, 5) is 14.3. The molecule has 0 bridgehead atoms. The third-order valence-corrected chi connectivity index (χ3v) is 7.62. The number of hydrogen-bond donors (Lipinski definition) is 3. The highest BCUT2D eigenvalue weighted by molar-refractivity contribution is 5.73. The van der Waals surface area contributed by atoms with E-state index in [1.54, 1.807) is 0 Å². The van der Waals surface area contributed by atoms with E-state index in [0.29, 0.717) is 19.5 Å². The van der Waals surface area contributed by atoms with Crippen LogP contribution in [0.1, 0.15) is 59.1 Å². The minimum atomic E-state index is -0.540. The fourth-order valence-electron chi connectivity index (χ4n) is 5.39. The molecule has 0 spiro atoms. The van der Waals surface area contributed by atoms with Crippen molar-refractivity contribution in [2.75, 3.05) is 13.1 Å². The van der Waals surface area contributed by atoms with Gasteiger partial charge in [-0.25, -0.2) is 4.79 Å². The largest absolute Gasteiger partial charge is 0.392 e. The molecule has 0 aliphatic carbocycles. The Hall–Kier alpha value is -4.01. The van der Waals surface area contributed by atoms with Gasteiger partial charge < -0.3 is 25.2 Å². The van der Waals surface area contributed by atoms with Gasteiger partial charge in [-0.3, -0.25) is 4.90 Å². The van der Waals surface area contributed by atoms with E-state index in [1.165, 1.54) is 11.1 Å². The van der Waals surface area contributed by atoms with E-state index in [9.17, 15) is 9.90 Å². The number of ether oxygens (including phenoxy) is 2. The average Bonchev–Trinajstić information content (AvgIpc) is 3.05. The molecular weight excluding hydrogens is 538 g/mol. The first-order chi connectivity index (χ1) is 21.1. The molecule has 3 atom stereocenters. The van der Waals surface area contributed by atoms with E-state index in [2.05, 4.69) is 64.1 Å². The third kappa shape index (κ3) is 8.99. The Balaban J connectivity index is 1.35. The van der Waals surface area contributed by atoms with Crippen molar-refractivity contribution in [3.05, 3.63) is 143 Å². The number of urea groups is 1. The zero-order valence-electron chi connectivity index (χ0n) is 24.7. The molecule has 1 aliphatic heterocycles. The van der Waals surface area contributed by atoms with Crippen molar-refractivity contribution in [1.29, 1.82) is 0 Å². The van der Waals surface area contributed by atoms with Crippen molar-refractivity contribution in [3.63, 3.8) is 0 Å². The van der Waals surface area contributed by atoms with E-state index in [0.717, 1.165) is 41.9 Å². The highest BCUT2D eigenvalue weighted by atomic mass is 16.7. The second kappa shape index (κ2) is 15.5. The Morgan fingerprint density at radius 2 is 1.33 bits per heavy atom. The smallest absolute Gasteiger partial charge is 0.315 e. The molecule has 224 valence electrons. The van der Waals surface area contributed by atoms with Crippen LogP contribution >= 0.6 is 0 Å². The summed E-state index contributed by atoms with van der Waals surface area (Å²) < 4.78 is 13.2. The van der Waals surface area contributed by atoms with Gasteiger partial charge in [0, 0.05) is 44.7 Å². The number of amides is 2. The molecule has 43 heavy (non-hydrogen) atoms. The Labute approximate surface area is 254 Å². The van der Waals surface area contributed by atoms with Crippen LogP contribution < -0.4 is 10.6 Å². The molecule has 0 saturated carbocycles. The van der Waals surface area contributed by atoms with Crippen molar-refractivity contribution in [3.8, 4) is 0 Å². The van der Waals surface area contributed by atoms with E-state index in [-0.39, 0.29) is 24.8 Å². The van der Waals surface area contributed by atoms with Crippen LogP contribution in [0.5, 0.6) is 0 Å². The Kier molecular flexibility index (Phi) is 10.9. The van der Waals surface area contributed by atoms with Crippen LogP contribution in [0.2, 0.25) is 0 Å². The van der Waals surface area contributed by atoms with E-state index in [1.807, 2.05) is 67.6 Å². The van der Waals surface area contributed by atoms with Gasteiger partial charge in [0.05, 0.1) is 18.8 Å². The molecule has 1 fully saturated rings. The van der Waals surface area contributed by atoms with E-state index >= 15 is 0 Å². The van der Waals surface area contributed by atoms with Crippen LogP contribution in [0.15, 0.2) is 109 Å². The van der Waals surface area contributed by atoms with Gasteiger partial charge >= 0.3 is 6.03 Å². The van der Waals surface area contributed by atoms with Gasteiger partial charge in [0.2, 0.25) is 0 Å². The molecule has 2 amide bonds. The summed E-state index contributed by atoms with van der Waals surface area (Å²) in [7, 11) is 0. The van der Waals surface area contributed by atoms with Crippen LogP contribution in [-0.4, -0.2) is 35.2 Å². The van der Waals surface area contributed by atoms with E-state index in [4.69, 9.17) is 9.47 Å². The summed E-state index contributed by atoms with van der Waals surface area (Å²) in [5.74, 6) is 0. The van der Waals surface area contributed by atoms with Gasteiger partial charge in [0.1, 0.15) is 0 Å².